The van der Waals surface area contributed by atoms with Gasteiger partial charge in [0, 0.05) is 28.3 Å². The third-order valence-electron chi connectivity index (χ3n) is 5.22. The number of nitrogens with zero attached hydrogens (tertiary/aromatic N) is 2. The molecule has 146 valence electrons. The molecule has 1 aromatic carbocycles. The first-order chi connectivity index (χ1) is 12.7. The second kappa shape index (κ2) is 7.76. The molecule has 0 aliphatic heterocycles. The van der Waals surface area contributed by atoms with Crippen LogP contribution in [0.4, 0.5) is 0 Å². The molecule has 1 amide bonds. The maximum absolute atomic E-state index is 12.9. The number of hydroxylamine groups is 1. The van der Waals surface area contributed by atoms with Gasteiger partial charge < -0.3 is 0 Å². The molecule has 0 radical (unpaired) electrons. The van der Waals surface area contributed by atoms with Gasteiger partial charge in [0.15, 0.2) is 5.78 Å². The minimum absolute atomic E-state index is 0.0619. The van der Waals surface area contributed by atoms with Crippen LogP contribution in [0.15, 0.2) is 22.7 Å². The molecule has 5 nitrogen and oxygen atoms in total. The van der Waals surface area contributed by atoms with Crippen molar-refractivity contribution in [3.05, 3.63) is 33.9 Å². The lowest BCUT2D eigenvalue weighted by Crippen LogP contribution is -2.40. The van der Waals surface area contributed by atoms with E-state index in [4.69, 9.17) is 0 Å². The zero-order chi connectivity index (χ0) is 19.8. The summed E-state index contributed by atoms with van der Waals surface area (Å²) in [5.74, 6) is -0.281. The van der Waals surface area contributed by atoms with Crippen molar-refractivity contribution < 1.29 is 14.8 Å². The third-order valence-corrected chi connectivity index (χ3v) is 5.71. The Morgan fingerprint density at radius 3 is 2.70 bits per heavy atom. The molecule has 6 heteroatoms. The highest BCUT2D eigenvalue weighted by molar-refractivity contribution is 9.10. The van der Waals surface area contributed by atoms with E-state index in [0.717, 1.165) is 40.7 Å². The number of benzene rings is 1. The fourth-order valence-corrected chi connectivity index (χ4v) is 4.31. The van der Waals surface area contributed by atoms with Gasteiger partial charge in [-0.3, -0.25) is 14.8 Å². The Bertz CT molecular complexity index is 885. The van der Waals surface area contributed by atoms with E-state index < -0.39 is 0 Å². The number of unbranched alkanes of at least 4 members (excludes halogenated alkanes) is 3. The third kappa shape index (κ3) is 3.97. The molecular formula is C21H27BrN2O3. The maximum Gasteiger partial charge on any atom is 0.267 e. The van der Waals surface area contributed by atoms with Crippen molar-refractivity contribution in [1.29, 1.82) is 0 Å². The number of fused-ring (bicyclic) bond motifs is 3. The van der Waals surface area contributed by atoms with Gasteiger partial charge in [-0.15, -0.1) is 5.17 Å². The number of hydrogen-bond donors (Lipinski definition) is 1. The van der Waals surface area contributed by atoms with Crippen LogP contribution in [0.1, 0.15) is 75.3 Å². The molecule has 0 bridgehead atoms. The summed E-state index contributed by atoms with van der Waals surface area (Å²) in [5, 5.41) is 12.2. The van der Waals surface area contributed by atoms with Gasteiger partial charge in [0.1, 0.15) is 0 Å². The van der Waals surface area contributed by atoms with Crippen LogP contribution in [0.25, 0.3) is 10.9 Å². The van der Waals surface area contributed by atoms with E-state index in [1.807, 2.05) is 32.0 Å². The first-order valence-corrected chi connectivity index (χ1v) is 10.4. The van der Waals surface area contributed by atoms with Crippen LogP contribution in [0.5, 0.6) is 0 Å². The normalized spacial score (nSPS) is 15.8. The van der Waals surface area contributed by atoms with Gasteiger partial charge in [0.05, 0.1) is 11.2 Å². The Kier molecular flexibility index (Phi) is 5.77. The molecule has 1 aliphatic carbocycles. The van der Waals surface area contributed by atoms with Crippen LogP contribution >= 0.6 is 15.9 Å². The van der Waals surface area contributed by atoms with Crippen molar-refractivity contribution >= 4 is 38.5 Å². The number of aromatic nitrogens is 1. The van der Waals surface area contributed by atoms with E-state index >= 15 is 0 Å². The Morgan fingerprint density at radius 2 is 2.00 bits per heavy atom. The molecule has 0 unspecified atom stereocenters. The summed E-state index contributed by atoms with van der Waals surface area (Å²) in [6.45, 7) is 6.20. The van der Waals surface area contributed by atoms with Crippen molar-refractivity contribution in [2.75, 3.05) is 5.17 Å². The molecule has 27 heavy (non-hydrogen) atoms. The quantitative estimate of drug-likeness (QED) is 0.376. The molecule has 0 fully saturated rings. The zero-order valence-corrected chi connectivity index (χ0v) is 17.8. The number of carbonyl (C=O) groups is 2. The van der Waals surface area contributed by atoms with E-state index in [9.17, 15) is 14.8 Å². The van der Waals surface area contributed by atoms with Gasteiger partial charge in [-0.2, -0.15) is 0 Å². The minimum atomic E-state index is -0.343. The summed E-state index contributed by atoms with van der Waals surface area (Å²) >= 11 is 3.46. The summed E-state index contributed by atoms with van der Waals surface area (Å²) in [4.78, 5) is 25.5. The highest BCUT2D eigenvalue weighted by atomic mass is 79.9. The van der Waals surface area contributed by atoms with E-state index in [0.29, 0.717) is 36.0 Å². The van der Waals surface area contributed by atoms with Crippen molar-refractivity contribution in [2.24, 2.45) is 5.41 Å². The molecule has 0 spiro atoms. The van der Waals surface area contributed by atoms with Crippen molar-refractivity contribution in [1.82, 2.24) is 4.68 Å². The highest BCUT2D eigenvalue weighted by Gasteiger charge is 2.37. The van der Waals surface area contributed by atoms with Crippen LogP contribution in [0.2, 0.25) is 0 Å². The molecule has 0 atom stereocenters. The lowest BCUT2D eigenvalue weighted by Gasteiger charge is -2.31. The van der Waals surface area contributed by atoms with Crippen molar-refractivity contribution in [2.45, 2.75) is 65.7 Å². The van der Waals surface area contributed by atoms with Crippen LogP contribution in [0, 0.1) is 5.41 Å². The molecule has 1 aromatic heterocycles. The predicted molar refractivity (Wildman–Crippen MR) is 110 cm³/mol. The number of halogens is 1. The summed E-state index contributed by atoms with van der Waals surface area (Å²) in [7, 11) is 0. The Hall–Kier alpha value is -1.66. The Labute approximate surface area is 168 Å². The molecule has 0 saturated heterocycles. The number of ketones is 1. The topological polar surface area (TPSA) is 62.5 Å². The lowest BCUT2D eigenvalue weighted by molar-refractivity contribution is -0.127. The predicted octanol–water partition coefficient (Wildman–Crippen LogP) is 5.38. The molecular weight excluding hydrogens is 408 g/mol. The average molecular weight is 435 g/mol. The van der Waals surface area contributed by atoms with Gasteiger partial charge in [-0.25, -0.2) is 4.68 Å². The van der Waals surface area contributed by atoms with E-state index in [2.05, 4.69) is 22.9 Å². The van der Waals surface area contributed by atoms with Gasteiger partial charge >= 0.3 is 0 Å². The standard InChI is InChI=1S/C21H27BrN2O3/c1-4-5-6-7-8-19(26)24(27)23-16-10-9-14(22)11-15(16)20-17(23)12-21(2,3)13-18(20)25/h9-11,27H,4-8,12-13H2,1-3H3. The first kappa shape index (κ1) is 20.1. The average Bonchev–Trinajstić information content (AvgIpc) is 2.89. The lowest BCUT2D eigenvalue weighted by atomic mass is 9.76. The molecule has 1 heterocycles. The van der Waals surface area contributed by atoms with Gasteiger partial charge in [0.25, 0.3) is 5.91 Å². The SMILES string of the molecule is CCCCCCC(=O)N(O)n1c2c(c3cc(Br)ccc31)C(=O)CC(C)(C)C2. The number of rotatable bonds is 6. The summed E-state index contributed by atoms with van der Waals surface area (Å²) in [6, 6.07) is 5.59. The largest absolute Gasteiger partial charge is 0.294 e. The van der Waals surface area contributed by atoms with Crippen molar-refractivity contribution in [3.8, 4) is 0 Å². The second-order valence-electron chi connectivity index (χ2n) is 8.23. The van der Waals surface area contributed by atoms with Gasteiger partial charge in [-0.1, -0.05) is 56.0 Å². The van der Waals surface area contributed by atoms with Crippen LogP contribution < -0.4 is 5.17 Å². The monoisotopic (exact) mass is 434 g/mol. The van der Waals surface area contributed by atoms with Crippen molar-refractivity contribution in [3.63, 3.8) is 0 Å². The van der Waals surface area contributed by atoms with Crippen LogP contribution in [0.3, 0.4) is 0 Å². The van der Waals surface area contributed by atoms with E-state index in [-0.39, 0.29) is 17.1 Å². The van der Waals surface area contributed by atoms with E-state index in [1.165, 1.54) is 4.68 Å². The number of hydrogen-bond acceptors (Lipinski definition) is 3. The highest BCUT2D eigenvalue weighted by Crippen LogP contribution is 2.40. The summed E-state index contributed by atoms with van der Waals surface area (Å²) < 4.78 is 2.40. The Balaban J connectivity index is 2.04. The first-order valence-electron chi connectivity index (χ1n) is 9.63. The molecule has 1 aliphatic rings. The van der Waals surface area contributed by atoms with Crippen LogP contribution in [-0.2, 0) is 11.2 Å². The number of carbonyl (C=O) groups excluding carboxylic acids is 2. The van der Waals surface area contributed by atoms with E-state index in [1.54, 1.807) is 0 Å². The molecule has 2 aromatic rings. The molecule has 3 rings (SSSR count). The summed E-state index contributed by atoms with van der Waals surface area (Å²) in [5.41, 5.74) is 1.81. The molecule has 0 saturated carbocycles. The fraction of sp³-hybridized carbons (Fsp3) is 0.524. The minimum Gasteiger partial charge on any atom is -0.294 e. The van der Waals surface area contributed by atoms with Gasteiger partial charge in [-0.05, 0) is 36.5 Å². The zero-order valence-electron chi connectivity index (χ0n) is 16.2. The fourth-order valence-electron chi connectivity index (χ4n) is 3.94. The number of Topliss-reactive ketones (excluding diaryl/α,β-unsaturated/α-hetero) is 1. The number of amides is 1. The van der Waals surface area contributed by atoms with Crippen LogP contribution in [-0.4, -0.2) is 21.6 Å². The second-order valence-corrected chi connectivity index (χ2v) is 9.15. The smallest absolute Gasteiger partial charge is 0.267 e. The maximum atomic E-state index is 12.9. The Morgan fingerprint density at radius 1 is 1.26 bits per heavy atom. The van der Waals surface area contributed by atoms with Gasteiger partial charge in [0.2, 0.25) is 0 Å². The summed E-state index contributed by atoms with van der Waals surface area (Å²) in [6.07, 6.45) is 5.28. The molecule has 1 N–H and O–H groups in total.